The maximum absolute atomic E-state index is 12.9. The molecule has 2 rings (SSSR count). The van der Waals surface area contributed by atoms with Gasteiger partial charge in [-0.05, 0) is 29.3 Å². The summed E-state index contributed by atoms with van der Waals surface area (Å²) < 4.78 is 38.7. The van der Waals surface area contributed by atoms with Gasteiger partial charge in [0, 0.05) is 20.1 Å². The van der Waals surface area contributed by atoms with E-state index in [1.54, 1.807) is 23.1 Å². The second-order valence-corrected chi connectivity index (χ2v) is 6.02. The van der Waals surface area contributed by atoms with Gasteiger partial charge in [-0.2, -0.15) is 13.2 Å². The molecule has 2 N–H and O–H groups in total. The Balaban J connectivity index is 2.19. The van der Waals surface area contributed by atoms with Crippen LogP contribution in [0.25, 0.3) is 0 Å². The highest BCUT2D eigenvalue weighted by Gasteiger charge is 2.30. The predicted molar refractivity (Wildman–Crippen MR) is 93.0 cm³/mol. The van der Waals surface area contributed by atoms with E-state index in [0.29, 0.717) is 5.56 Å². The third-order valence-electron chi connectivity index (χ3n) is 3.91. The van der Waals surface area contributed by atoms with E-state index >= 15 is 0 Å². The van der Waals surface area contributed by atoms with Gasteiger partial charge in [-0.15, -0.1) is 0 Å². The molecule has 2 aromatic rings. The normalized spacial score (nSPS) is 11.4. The summed E-state index contributed by atoms with van der Waals surface area (Å²) in [6, 6.07) is 11.1. The van der Waals surface area contributed by atoms with Crippen LogP contribution in [0.4, 0.5) is 13.2 Å². The highest BCUT2D eigenvalue weighted by molar-refractivity contribution is 5.87. The first-order valence-electron chi connectivity index (χ1n) is 8.10. The Hall–Kier alpha value is -2.87. The number of nitrogens with one attached hydrogen (secondary N) is 1. The van der Waals surface area contributed by atoms with Crippen molar-refractivity contribution in [1.82, 2.24) is 10.2 Å². The molecule has 0 saturated carbocycles. The molecule has 0 aliphatic rings. The molecule has 0 atom stereocenters. The van der Waals surface area contributed by atoms with Gasteiger partial charge in [0.05, 0.1) is 17.7 Å². The van der Waals surface area contributed by atoms with E-state index in [-0.39, 0.29) is 31.1 Å². The number of hydrogen-bond acceptors (Lipinski definition) is 3. The summed E-state index contributed by atoms with van der Waals surface area (Å²) in [4.78, 5) is 24.4. The van der Waals surface area contributed by atoms with Gasteiger partial charge in [-0.1, -0.05) is 30.3 Å². The average molecular weight is 380 g/mol. The number of halogens is 3. The number of carboxylic acid groups (broad SMARTS) is 1. The first-order valence-corrected chi connectivity index (χ1v) is 8.10. The highest BCUT2D eigenvalue weighted by atomic mass is 19.4. The number of aromatic carboxylic acids is 1. The van der Waals surface area contributed by atoms with E-state index in [2.05, 4.69) is 5.32 Å². The Morgan fingerprint density at radius 3 is 2.22 bits per heavy atom. The van der Waals surface area contributed by atoms with Gasteiger partial charge in [-0.3, -0.25) is 9.69 Å². The zero-order valence-corrected chi connectivity index (χ0v) is 14.6. The minimum Gasteiger partial charge on any atom is -0.478 e. The van der Waals surface area contributed by atoms with E-state index in [9.17, 15) is 22.8 Å². The maximum atomic E-state index is 12.9. The van der Waals surface area contributed by atoms with Crippen LogP contribution in [0.3, 0.4) is 0 Å². The van der Waals surface area contributed by atoms with Gasteiger partial charge < -0.3 is 10.4 Å². The molecule has 0 radical (unpaired) electrons. The molecule has 0 saturated heterocycles. The highest BCUT2D eigenvalue weighted by Crippen LogP contribution is 2.29. The van der Waals surface area contributed by atoms with Crippen molar-refractivity contribution in [1.29, 1.82) is 0 Å². The van der Waals surface area contributed by atoms with E-state index in [0.717, 1.165) is 17.7 Å². The number of carbonyl (C=O) groups excluding carboxylic acids is 1. The molecule has 0 aliphatic carbocycles. The molecule has 0 aliphatic heterocycles. The second-order valence-electron chi connectivity index (χ2n) is 6.02. The Kier molecular flexibility index (Phi) is 6.57. The summed E-state index contributed by atoms with van der Waals surface area (Å²) in [6.07, 6.45) is -4.44. The SMILES string of the molecule is CNC(=O)CN(Cc1ccc(C(=O)O)cc1)Cc1cccc(C(F)(F)F)c1. The van der Waals surface area contributed by atoms with Crippen LogP contribution in [0.5, 0.6) is 0 Å². The lowest BCUT2D eigenvalue weighted by atomic mass is 10.1. The smallest absolute Gasteiger partial charge is 0.416 e. The van der Waals surface area contributed by atoms with Gasteiger partial charge in [-0.25, -0.2) is 4.79 Å². The summed E-state index contributed by atoms with van der Waals surface area (Å²) in [6.45, 7) is 0.412. The number of alkyl halides is 3. The number of benzene rings is 2. The van der Waals surface area contributed by atoms with Crippen molar-refractivity contribution in [2.75, 3.05) is 13.6 Å². The van der Waals surface area contributed by atoms with Gasteiger partial charge in [0.15, 0.2) is 0 Å². The minimum atomic E-state index is -4.44. The number of likely N-dealkylation sites (N-methyl/N-ethyl adjacent to an activating group) is 1. The van der Waals surface area contributed by atoms with Crippen LogP contribution in [0, 0.1) is 0 Å². The van der Waals surface area contributed by atoms with E-state index in [1.807, 2.05) is 0 Å². The largest absolute Gasteiger partial charge is 0.478 e. The maximum Gasteiger partial charge on any atom is 0.416 e. The molecular weight excluding hydrogens is 361 g/mol. The van der Waals surface area contributed by atoms with Gasteiger partial charge >= 0.3 is 12.1 Å². The molecule has 0 heterocycles. The number of amides is 1. The van der Waals surface area contributed by atoms with E-state index < -0.39 is 17.7 Å². The zero-order valence-electron chi connectivity index (χ0n) is 14.6. The van der Waals surface area contributed by atoms with Crippen molar-refractivity contribution in [2.45, 2.75) is 19.3 Å². The molecule has 144 valence electrons. The molecule has 27 heavy (non-hydrogen) atoms. The van der Waals surface area contributed by atoms with Crippen molar-refractivity contribution in [3.05, 3.63) is 70.8 Å². The first kappa shape index (κ1) is 20.4. The summed E-state index contributed by atoms with van der Waals surface area (Å²) in [5.41, 5.74) is 0.562. The lowest BCUT2D eigenvalue weighted by Crippen LogP contribution is -2.35. The Morgan fingerprint density at radius 2 is 1.67 bits per heavy atom. The topological polar surface area (TPSA) is 69.6 Å². The number of hydrogen-bond donors (Lipinski definition) is 2. The van der Waals surface area contributed by atoms with Crippen LogP contribution in [-0.4, -0.2) is 35.5 Å². The number of carbonyl (C=O) groups is 2. The van der Waals surface area contributed by atoms with Crippen LogP contribution in [0.2, 0.25) is 0 Å². The summed E-state index contributed by atoms with van der Waals surface area (Å²) in [5, 5.41) is 11.4. The Morgan fingerprint density at radius 1 is 1.04 bits per heavy atom. The number of carboxylic acids is 1. The molecule has 2 aromatic carbocycles. The molecule has 0 spiro atoms. The fourth-order valence-electron chi connectivity index (χ4n) is 2.56. The fourth-order valence-corrected chi connectivity index (χ4v) is 2.56. The van der Waals surface area contributed by atoms with E-state index in [1.165, 1.54) is 25.2 Å². The van der Waals surface area contributed by atoms with Crippen molar-refractivity contribution in [3.8, 4) is 0 Å². The van der Waals surface area contributed by atoms with Crippen LogP contribution >= 0.6 is 0 Å². The van der Waals surface area contributed by atoms with Gasteiger partial charge in [0.25, 0.3) is 0 Å². The van der Waals surface area contributed by atoms with Crippen LogP contribution in [-0.2, 0) is 24.1 Å². The molecule has 0 unspecified atom stereocenters. The standard InChI is InChI=1S/C19H19F3N2O3/c1-23-17(25)12-24(10-13-5-7-15(8-6-13)18(26)27)11-14-3-2-4-16(9-14)19(20,21)22/h2-9H,10-12H2,1H3,(H,23,25)(H,26,27). The molecule has 0 aromatic heterocycles. The molecule has 0 fully saturated rings. The predicted octanol–water partition coefficient (Wildman–Crippen LogP) is 3.15. The zero-order chi connectivity index (χ0) is 20.0. The van der Waals surface area contributed by atoms with Crippen LogP contribution in [0.15, 0.2) is 48.5 Å². The van der Waals surface area contributed by atoms with E-state index in [4.69, 9.17) is 5.11 Å². The van der Waals surface area contributed by atoms with Crippen molar-refractivity contribution < 1.29 is 27.9 Å². The second kappa shape index (κ2) is 8.68. The number of rotatable bonds is 7. The van der Waals surface area contributed by atoms with Crippen molar-refractivity contribution in [3.63, 3.8) is 0 Å². The van der Waals surface area contributed by atoms with Crippen molar-refractivity contribution >= 4 is 11.9 Å². The summed E-state index contributed by atoms with van der Waals surface area (Å²) in [5.74, 6) is -1.32. The lowest BCUT2D eigenvalue weighted by molar-refractivity contribution is -0.137. The molecule has 5 nitrogen and oxygen atoms in total. The van der Waals surface area contributed by atoms with Crippen molar-refractivity contribution in [2.24, 2.45) is 0 Å². The molecular formula is C19H19F3N2O3. The Bertz CT molecular complexity index is 805. The monoisotopic (exact) mass is 380 g/mol. The van der Waals surface area contributed by atoms with Gasteiger partial charge in [0.2, 0.25) is 5.91 Å². The molecule has 8 heteroatoms. The average Bonchev–Trinajstić information content (AvgIpc) is 2.61. The van der Waals surface area contributed by atoms with Crippen LogP contribution in [0.1, 0.15) is 27.0 Å². The fraction of sp³-hybridized carbons (Fsp3) is 0.263. The third-order valence-corrected chi connectivity index (χ3v) is 3.91. The Labute approximate surface area is 154 Å². The minimum absolute atomic E-state index is 0.00652. The summed E-state index contributed by atoms with van der Waals surface area (Å²) in [7, 11) is 1.48. The third kappa shape index (κ3) is 6.10. The summed E-state index contributed by atoms with van der Waals surface area (Å²) >= 11 is 0. The van der Waals surface area contributed by atoms with Crippen LogP contribution < -0.4 is 5.32 Å². The first-order chi connectivity index (χ1) is 12.7. The molecule has 0 bridgehead atoms. The number of nitrogens with zero attached hydrogens (tertiary/aromatic N) is 1. The lowest BCUT2D eigenvalue weighted by Gasteiger charge is -2.22. The quantitative estimate of drug-likeness (QED) is 0.774. The van der Waals surface area contributed by atoms with Gasteiger partial charge in [0.1, 0.15) is 0 Å². The molecule has 1 amide bonds.